The zero-order chi connectivity index (χ0) is 15.1. The Morgan fingerprint density at radius 3 is 2.10 bits per heavy atom. The van der Waals surface area contributed by atoms with E-state index in [1.54, 1.807) is 6.20 Å². The van der Waals surface area contributed by atoms with Gasteiger partial charge in [0.25, 0.3) is 0 Å². The molecule has 0 saturated heterocycles. The van der Waals surface area contributed by atoms with Gasteiger partial charge in [-0.15, -0.1) is 0 Å². The topological polar surface area (TPSA) is 25.8 Å². The summed E-state index contributed by atoms with van der Waals surface area (Å²) in [6.45, 7) is 10.4. The van der Waals surface area contributed by atoms with E-state index in [2.05, 4.69) is 36.8 Å². The normalized spacial score (nSPS) is 10.4. The molecular weight excluding hydrogens is 251 g/mol. The van der Waals surface area contributed by atoms with Crippen LogP contribution in [0.5, 0.6) is 0 Å². The van der Waals surface area contributed by atoms with Crippen LogP contribution in [-0.2, 0) is 0 Å². The Kier molecular flexibility index (Phi) is 6.29. The zero-order valence-corrected chi connectivity index (χ0v) is 12.9. The SMILES string of the molecule is CC(C)c1cncc(F)c1.Cc1ccnc(C(C)C)c1. The molecule has 3 heteroatoms. The van der Waals surface area contributed by atoms with E-state index in [1.165, 1.54) is 23.5 Å². The van der Waals surface area contributed by atoms with Crippen molar-refractivity contribution in [1.29, 1.82) is 0 Å². The minimum atomic E-state index is -0.258. The van der Waals surface area contributed by atoms with Crippen LogP contribution in [0, 0.1) is 12.7 Å². The van der Waals surface area contributed by atoms with Crippen LogP contribution >= 0.6 is 0 Å². The molecule has 0 N–H and O–H groups in total. The van der Waals surface area contributed by atoms with Crippen LogP contribution in [0.3, 0.4) is 0 Å². The molecule has 2 heterocycles. The van der Waals surface area contributed by atoms with E-state index >= 15 is 0 Å². The lowest BCUT2D eigenvalue weighted by Gasteiger charge is -2.03. The van der Waals surface area contributed by atoms with E-state index in [4.69, 9.17) is 0 Å². The summed E-state index contributed by atoms with van der Waals surface area (Å²) in [7, 11) is 0. The summed E-state index contributed by atoms with van der Waals surface area (Å²) in [4.78, 5) is 7.97. The van der Waals surface area contributed by atoms with Crippen LogP contribution in [0.1, 0.15) is 56.4 Å². The fourth-order valence-electron chi connectivity index (χ4n) is 1.62. The zero-order valence-electron chi connectivity index (χ0n) is 12.9. The molecule has 0 spiro atoms. The van der Waals surface area contributed by atoms with Crippen LogP contribution in [0.4, 0.5) is 4.39 Å². The van der Waals surface area contributed by atoms with Crippen molar-refractivity contribution < 1.29 is 4.39 Å². The number of aromatic nitrogens is 2. The Morgan fingerprint density at radius 2 is 1.70 bits per heavy atom. The lowest BCUT2D eigenvalue weighted by atomic mass is 10.1. The molecule has 108 valence electrons. The van der Waals surface area contributed by atoms with Gasteiger partial charge in [-0.1, -0.05) is 27.7 Å². The second-order valence-corrected chi connectivity index (χ2v) is 5.50. The molecule has 0 bridgehead atoms. The van der Waals surface area contributed by atoms with Gasteiger partial charge in [0.15, 0.2) is 0 Å². The summed E-state index contributed by atoms with van der Waals surface area (Å²) in [5.74, 6) is 0.634. The Bertz CT molecular complexity index is 487. The van der Waals surface area contributed by atoms with E-state index in [-0.39, 0.29) is 5.82 Å². The van der Waals surface area contributed by atoms with Crippen LogP contribution in [0.2, 0.25) is 0 Å². The second-order valence-electron chi connectivity index (χ2n) is 5.50. The maximum absolute atomic E-state index is 12.5. The maximum Gasteiger partial charge on any atom is 0.141 e. The predicted octanol–water partition coefficient (Wildman–Crippen LogP) is 4.86. The van der Waals surface area contributed by atoms with Crippen molar-refractivity contribution in [2.24, 2.45) is 0 Å². The van der Waals surface area contributed by atoms with Crippen molar-refractivity contribution in [3.8, 4) is 0 Å². The van der Waals surface area contributed by atoms with Crippen molar-refractivity contribution in [3.63, 3.8) is 0 Å². The average Bonchev–Trinajstić information content (AvgIpc) is 2.39. The number of halogens is 1. The second kappa shape index (κ2) is 7.73. The largest absolute Gasteiger partial charge is 0.261 e. The van der Waals surface area contributed by atoms with Crippen molar-refractivity contribution in [2.75, 3.05) is 0 Å². The minimum absolute atomic E-state index is 0.258. The third kappa shape index (κ3) is 5.47. The molecule has 20 heavy (non-hydrogen) atoms. The van der Waals surface area contributed by atoms with Crippen molar-refractivity contribution in [2.45, 2.75) is 46.5 Å². The standard InChI is InChI=1S/C9H13N.C8H10FN/c1-7(2)9-6-8(3)4-5-10-9;1-6(2)7-3-8(9)5-10-4-7/h4-7H,1-3H3;3-6H,1-2H3. The average molecular weight is 274 g/mol. The highest BCUT2D eigenvalue weighted by Gasteiger charge is 1.99. The first-order valence-electron chi connectivity index (χ1n) is 6.93. The third-order valence-electron chi connectivity index (χ3n) is 2.92. The number of aryl methyl sites for hydroxylation is 1. The Balaban J connectivity index is 0.000000200. The molecule has 0 atom stereocenters. The molecule has 2 rings (SSSR count). The lowest BCUT2D eigenvalue weighted by Crippen LogP contribution is -1.91. The molecular formula is C17H23FN2. The number of hydrogen-bond acceptors (Lipinski definition) is 2. The monoisotopic (exact) mass is 274 g/mol. The van der Waals surface area contributed by atoms with Gasteiger partial charge in [0.2, 0.25) is 0 Å². The van der Waals surface area contributed by atoms with Gasteiger partial charge in [0, 0.05) is 18.1 Å². The van der Waals surface area contributed by atoms with Crippen LogP contribution < -0.4 is 0 Å². The number of pyridine rings is 2. The summed E-state index contributed by atoms with van der Waals surface area (Å²) in [6.07, 6.45) is 4.77. The Labute approximate surface area is 121 Å². The highest BCUT2D eigenvalue weighted by molar-refractivity contribution is 5.16. The molecule has 0 amide bonds. The quantitative estimate of drug-likeness (QED) is 0.781. The number of nitrogens with zero attached hydrogens (tertiary/aromatic N) is 2. The fraction of sp³-hybridized carbons (Fsp3) is 0.412. The van der Waals surface area contributed by atoms with E-state index in [1.807, 2.05) is 26.1 Å². The lowest BCUT2D eigenvalue weighted by molar-refractivity contribution is 0.616. The third-order valence-corrected chi connectivity index (χ3v) is 2.92. The fourth-order valence-corrected chi connectivity index (χ4v) is 1.62. The smallest absolute Gasteiger partial charge is 0.141 e. The van der Waals surface area contributed by atoms with Crippen molar-refractivity contribution >= 4 is 0 Å². The highest BCUT2D eigenvalue weighted by Crippen LogP contribution is 2.12. The molecule has 0 aliphatic carbocycles. The molecule has 2 nitrogen and oxygen atoms in total. The van der Waals surface area contributed by atoms with Gasteiger partial charge >= 0.3 is 0 Å². The number of rotatable bonds is 2. The first-order chi connectivity index (χ1) is 9.40. The van der Waals surface area contributed by atoms with Gasteiger partial charge in [-0.25, -0.2) is 4.39 Å². The van der Waals surface area contributed by atoms with E-state index in [0.717, 1.165) is 5.56 Å². The molecule has 0 fully saturated rings. The summed E-state index contributed by atoms with van der Waals surface area (Å²) in [5.41, 5.74) is 3.42. The molecule has 2 aromatic rings. The molecule has 0 aromatic carbocycles. The van der Waals surface area contributed by atoms with Gasteiger partial charge in [-0.3, -0.25) is 9.97 Å². The minimum Gasteiger partial charge on any atom is -0.261 e. The first kappa shape index (κ1) is 16.3. The van der Waals surface area contributed by atoms with E-state index < -0.39 is 0 Å². The van der Waals surface area contributed by atoms with Gasteiger partial charge in [0.05, 0.1) is 6.20 Å². The predicted molar refractivity (Wildman–Crippen MR) is 81.3 cm³/mol. The molecule has 2 aromatic heterocycles. The molecule has 0 saturated carbocycles. The first-order valence-corrected chi connectivity index (χ1v) is 6.93. The maximum atomic E-state index is 12.5. The summed E-state index contributed by atoms with van der Waals surface area (Å²) >= 11 is 0. The Hall–Kier alpha value is -1.77. The van der Waals surface area contributed by atoms with Crippen LogP contribution in [-0.4, -0.2) is 9.97 Å². The summed E-state index contributed by atoms with van der Waals surface area (Å²) in [6, 6.07) is 5.66. The van der Waals surface area contributed by atoms with E-state index in [0.29, 0.717) is 11.8 Å². The van der Waals surface area contributed by atoms with Gasteiger partial charge < -0.3 is 0 Å². The van der Waals surface area contributed by atoms with Crippen LogP contribution in [0.15, 0.2) is 36.8 Å². The highest BCUT2D eigenvalue weighted by atomic mass is 19.1. The van der Waals surface area contributed by atoms with E-state index in [9.17, 15) is 4.39 Å². The van der Waals surface area contributed by atoms with Crippen molar-refractivity contribution in [1.82, 2.24) is 9.97 Å². The Morgan fingerprint density at radius 1 is 1.00 bits per heavy atom. The van der Waals surface area contributed by atoms with Crippen LogP contribution in [0.25, 0.3) is 0 Å². The molecule has 0 aliphatic rings. The molecule has 0 radical (unpaired) electrons. The van der Waals surface area contributed by atoms with Gasteiger partial charge in [-0.2, -0.15) is 0 Å². The van der Waals surface area contributed by atoms with Gasteiger partial charge in [-0.05, 0) is 48.1 Å². The number of hydrogen-bond donors (Lipinski definition) is 0. The summed E-state index contributed by atoms with van der Waals surface area (Å²) in [5, 5.41) is 0. The summed E-state index contributed by atoms with van der Waals surface area (Å²) < 4.78 is 12.5. The van der Waals surface area contributed by atoms with Gasteiger partial charge in [0.1, 0.15) is 5.82 Å². The molecule has 0 aliphatic heterocycles. The van der Waals surface area contributed by atoms with Crippen molar-refractivity contribution in [3.05, 3.63) is 59.4 Å². The molecule has 0 unspecified atom stereocenters.